The van der Waals surface area contributed by atoms with Gasteiger partial charge < -0.3 is 5.32 Å². The van der Waals surface area contributed by atoms with Crippen molar-refractivity contribution < 1.29 is 8.42 Å². The van der Waals surface area contributed by atoms with Crippen LogP contribution in [0.2, 0.25) is 0 Å². The van der Waals surface area contributed by atoms with Crippen molar-refractivity contribution in [2.75, 3.05) is 31.9 Å². The monoisotopic (exact) mass is 276 g/mol. The number of piperidine rings is 1. The fourth-order valence-electron chi connectivity index (χ4n) is 2.67. The van der Waals surface area contributed by atoms with Crippen molar-refractivity contribution in [3.8, 4) is 0 Å². The highest BCUT2D eigenvalue weighted by Gasteiger charge is 2.29. The van der Waals surface area contributed by atoms with E-state index in [-0.39, 0.29) is 0 Å². The standard InChI is InChI=1S/C13H28N2O2S/c1-4-14-7-5-6-8-18(16,17)15-10-12(2)9-13(3)11-15/h12-14H,4-11H2,1-3H3. The van der Waals surface area contributed by atoms with E-state index in [1.165, 1.54) is 0 Å². The minimum atomic E-state index is -3.03. The summed E-state index contributed by atoms with van der Waals surface area (Å²) in [5.74, 6) is 1.29. The SMILES string of the molecule is CCNCCCCS(=O)(=O)N1CC(C)CC(C)C1. The number of nitrogens with zero attached hydrogens (tertiary/aromatic N) is 1. The third kappa shape index (κ3) is 5.24. The maximum Gasteiger partial charge on any atom is 0.214 e. The molecule has 0 aliphatic carbocycles. The number of rotatable bonds is 7. The molecule has 0 aromatic carbocycles. The van der Waals surface area contributed by atoms with Crippen LogP contribution in [-0.2, 0) is 10.0 Å². The Balaban J connectivity index is 2.38. The van der Waals surface area contributed by atoms with Crippen LogP contribution in [0, 0.1) is 11.8 Å². The van der Waals surface area contributed by atoms with Gasteiger partial charge in [0.1, 0.15) is 0 Å². The first-order valence-electron chi connectivity index (χ1n) is 7.14. The van der Waals surface area contributed by atoms with Gasteiger partial charge in [0.05, 0.1) is 5.75 Å². The predicted octanol–water partition coefficient (Wildman–Crippen LogP) is 1.68. The topological polar surface area (TPSA) is 49.4 Å². The van der Waals surface area contributed by atoms with Gasteiger partial charge in [-0.25, -0.2) is 12.7 Å². The van der Waals surface area contributed by atoms with Gasteiger partial charge in [-0.1, -0.05) is 20.8 Å². The molecule has 0 saturated carbocycles. The molecule has 1 aliphatic heterocycles. The molecular formula is C13H28N2O2S. The lowest BCUT2D eigenvalue weighted by molar-refractivity contribution is 0.222. The molecule has 1 rings (SSSR count). The summed E-state index contributed by atoms with van der Waals surface area (Å²) in [6.45, 7) is 9.63. The van der Waals surface area contributed by atoms with Crippen LogP contribution in [0.5, 0.6) is 0 Å². The quantitative estimate of drug-likeness (QED) is 0.720. The fourth-order valence-corrected chi connectivity index (χ4v) is 4.46. The Hall–Kier alpha value is -0.130. The van der Waals surface area contributed by atoms with Crippen LogP contribution in [0.15, 0.2) is 0 Å². The Kier molecular flexibility index (Phi) is 6.60. The predicted molar refractivity (Wildman–Crippen MR) is 76.1 cm³/mol. The van der Waals surface area contributed by atoms with Gasteiger partial charge in [-0.05, 0) is 44.2 Å². The summed E-state index contributed by atoms with van der Waals surface area (Å²) in [5, 5.41) is 3.22. The molecule has 1 N–H and O–H groups in total. The van der Waals surface area contributed by atoms with E-state index in [9.17, 15) is 8.42 Å². The summed E-state index contributed by atoms with van der Waals surface area (Å²) in [6.07, 6.45) is 2.84. The second-order valence-electron chi connectivity index (χ2n) is 5.64. The molecule has 0 aromatic heterocycles. The van der Waals surface area contributed by atoms with Gasteiger partial charge in [-0.15, -0.1) is 0 Å². The van der Waals surface area contributed by atoms with Crippen molar-refractivity contribution >= 4 is 10.0 Å². The molecule has 108 valence electrons. The first-order valence-corrected chi connectivity index (χ1v) is 8.75. The van der Waals surface area contributed by atoms with Crippen LogP contribution in [0.4, 0.5) is 0 Å². The largest absolute Gasteiger partial charge is 0.317 e. The molecule has 0 aromatic rings. The second kappa shape index (κ2) is 7.46. The van der Waals surface area contributed by atoms with Gasteiger partial charge in [0.25, 0.3) is 0 Å². The highest BCUT2D eigenvalue weighted by Crippen LogP contribution is 2.23. The molecule has 1 heterocycles. The molecule has 0 radical (unpaired) electrons. The van der Waals surface area contributed by atoms with E-state index >= 15 is 0 Å². The van der Waals surface area contributed by atoms with E-state index in [0.717, 1.165) is 32.4 Å². The molecule has 18 heavy (non-hydrogen) atoms. The first kappa shape index (κ1) is 15.9. The average Bonchev–Trinajstić information content (AvgIpc) is 2.27. The van der Waals surface area contributed by atoms with Gasteiger partial charge in [0.15, 0.2) is 0 Å². The van der Waals surface area contributed by atoms with Crippen LogP contribution >= 0.6 is 0 Å². The Morgan fingerprint density at radius 3 is 2.33 bits per heavy atom. The van der Waals surface area contributed by atoms with Gasteiger partial charge in [-0.2, -0.15) is 0 Å². The summed E-state index contributed by atoms with van der Waals surface area (Å²) < 4.78 is 26.1. The average molecular weight is 276 g/mol. The van der Waals surface area contributed by atoms with Crippen LogP contribution in [-0.4, -0.2) is 44.7 Å². The molecule has 1 fully saturated rings. The minimum Gasteiger partial charge on any atom is -0.317 e. The van der Waals surface area contributed by atoms with Crippen LogP contribution in [0.1, 0.15) is 40.0 Å². The van der Waals surface area contributed by atoms with Crippen LogP contribution in [0.25, 0.3) is 0 Å². The third-order valence-corrected chi connectivity index (χ3v) is 5.37. The number of unbranched alkanes of at least 4 members (excludes halogenated alkanes) is 1. The van der Waals surface area contributed by atoms with E-state index in [2.05, 4.69) is 26.1 Å². The van der Waals surface area contributed by atoms with Crippen molar-refractivity contribution in [1.29, 1.82) is 0 Å². The summed E-state index contributed by atoms with van der Waals surface area (Å²) in [5.41, 5.74) is 0. The zero-order valence-electron chi connectivity index (χ0n) is 12.0. The molecule has 0 bridgehead atoms. The molecule has 2 atom stereocenters. The van der Waals surface area contributed by atoms with Crippen LogP contribution < -0.4 is 5.32 Å². The highest BCUT2D eigenvalue weighted by molar-refractivity contribution is 7.89. The molecule has 5 heteroatoms. The summed E-state index contributed by atoms with van der Waals surface area (Å²) in [4.78, 5) is 0. The lowest BCUT2D eigenvalue weighted by Crippen LogP contribution is -2.43. The zero-order valence-corrected chi connectivity index (χ0v) is 12.8. The van der Waals surface area contributed by atoms with Gasteiger partial charge in [0.2, 0.25) is 10.0 Å². The molecule has 2 unspecified atom stereocenters. The van der Waals surface area contributed by atoms with Crippen molar-refractivity contribution in [1.82, 2.24) is 9.62 Å². The fraction of sp³-hybridized carbons (Fsp3) is 1.00. The second-order valence-corrected chi connectivity index (χ2v) is 7.73. The summed E-state index contributed by atoms with van der Waals surface area (Å²) in [7, 11) is -3.03. The van der Waals surface area contributed by atoms with Crippen LogP contribution in [0.3, 0.4) is 0 Å². The molecule has 1 saturated heterocycles. The maximum atomic E-state index is 12.2. The molecular weight excluding hydrogens is 248 g/mol. The molecule has 0 amide bonds. The van der Waals surface area contributed by atoms with E-state index in [1.54, 1.807) is 4.31 Å². The lowest BCUT2D eigenvalue weighted by atomic mass is 9.94. The Morgan fingerprint density at radius 1 is 1.17 bits per heavy atom. The maximum absolute atomic E-state index is 12.2. The van der Waals surface area contributed by atoms with Gasteiger partial charge >= 0.3 is 0 Å². The Bertz CT molecular complexity index is 320. The van der Waals surface area contributed by atoms with Crippen molar-refractivity contribution in [3.63, 3.8) is 0 Å². The summed E-state index contributed by atoms with van der Waals surface area (Å²) >= 11 is 0. The first-order chi connectivity index (χ1) is 8.45. The van der Waals surface area contributed by atoms with E-state index in [4.69, 9.17) is 0 Å². The van der Waals surface area contributed by atoms with E-state index in [1.807, 2.05) is 0 Å². The van der Waals surface area contributed by atoms with Gasteiger partial charge in [-0.3, -0.25) is 0 Å². The van der Waals surface area contributed by atoms with Crippen molar-refractivity contribution in [2.45, 2.75) is 40.0 Å². The van der Waals surface area contributed by atoms with Crippen molar-refractivity contribution in [2.24, 2.45) is 11.8 Å². The number of sulfonamides is 1. The molecule has 4 nitrogen and oxygen atoms in total. The smallest absolute Gasteiger partial charge is 0.214 e. The van der Waals surface area contributed by atoms with E-state index in [0.29, 0.717) is 30.7 Å². The number of hydrogen-bond acceptors (Lipinski definition) is 3. The minimum absolute atomic E-state index is 0.303. The normalized spacial score (nSPS) is 26.4. The molecule has 0 spiro atoms. The molecule has 1 aliphatic rings. The third-order valence-electron chi connectivity index (χ3n) is 3.48. The number of hydrogen-bond donors (Lipinski definition) is 1. The highest BCUT2D eigenvalue weighted by atomic mass is 32.2. The Labute approximate surface area is 112 Å². The van der Waals surface area contributed by atoms with Crippen molar-refractivity contribution in [3.05, 3.63) is 0 Å². The van der Waals surface area contributed by atoms with Gasteiger partial charge in [0, 0.05) is 13.1 Å². The summed E-state index contributed by atoms with van der Waals surface area (Å²) in [6, 6.07) is 0. The Morgan fingerprint density at radius 2 is 1.78 bits per heavy atom. The lowest BCUT2D eigenvalue weighted by Gasteiger charge is -2.34. The number of nitrogens with one attached hydrogen (secondary N) is 1. The van der Waals surface area contributed by atoms with E-state index < -0.39 is 10.0 Å². The zero-order chi connectivity index (χ0) is 13.6.